The molecule has 1 rings (SSSR count). The van der Waals surface area contributed by atoms with Crippen molar-refractivity contribution in [3.63, 3.8) is 0 Å². The number of aromatic amines is 1. The lowest BCUT2D eigenvalue weighted by atomic mass is 10.3. The molecule has 0 radical (unpaired) electrons. The van der Waals surface area contributed by atoms with E-state index in [4.69, 9.17) is 5.11 Å². The van der Waals surface area contributed by atoms with Crippen molar-refractivity contribution >= 4 is 11.9 Å². The second kappa shape index (κ2) is 4.81. The molecule has 0 atom stereocenters. The molecule has 15 heavy (non-hydrogen) atoms. The SMILES string of the molecule is CC#CCNC(=O)c1nc[nH]c1C(=O)O. The number of amides is 1. The van der Waals surface area contributed by atoms with Gasteiger partial charge in [-0.1, -0.05) is 5.92 Å². The first kappa shape index (κ1) is 10.8. The Balaban J connectivity index is 2.76. The van der Waals surface area contributed by atoms with Gasteiger partial charge >= 0.3 is 5.97 Å². The number of hydrogen-bond acceptors (Lipinski definition) is 3. The summed E-state index contributed by atoms with van der Waals surface area (Å²) in [6.45, 7) is 1.81. The highest BCUT2D eigenvalue weighted by molar-refractivity contribution is 6.02. The van der Waals surface area contributed by atoms with Gasteiger partial charge in [-0.05, 0) is 6.92 Å². The van der Waals surface area contributed by atoms with E-state index in [-0.39, 0.29) is 17.9 Å². The van der Waals surface area contributed by atoms with Crippen molar-refractivity contribution in [2.24, 2.45) is 0 Å². The van der Waals surface area contributed by atoms with Gasteiger partial charge in [-0.25, -0.2) is 9.78 Å². The number of carbonyl (C=O) groups is 2. The topological polar surface area (TPSA) is 95.1 Å². The molecule has 0 fully saturated rings. The molecule has 78 valence electrons. The minimum absolute atomic E-state index is 0.139. The van der Waals surface area contributed by atoms with Crippen LogP contribution in [-0.4, -0.2) is 33.5 Å². The van der Waals surface area contributed by atoms with Crippen molar-refractivity contribution in [3.8, 4) is 11.8 Å². The quantitative estimate of drug-likeness (QED) is 0.601. The van der Waals surface area contributed by atoms with E-state index in [1.54, 1.807) is 6.92 Å². The van der Waals surface area contributed by atoms with Crippen molar-refractivity contribution in [2.75, 3.05) is 6.54 Å². The number of aromatic nitrogens is 2. The van der Waals surface area contributed by atoms with Crippen molar-refractivity contribution < 1.29 is 14.7 Å². The monoisotopic (exact) mass is 207 g/mol. The fourth-order valence-electron chi connectivity index (χ4n) is 0.926. The Bertz CT molecular complexity index is 439. The molecular formula is C9H9N3O3. The number of rotatable bonds is 3. The third-order valence-corrected chi connectivity index (χ3v) is 1.58. The van der Waals surface area contributed by atoms with E-state index in [2.05, 4.69) is 27.1 Å². The van der Waals surface area contributed by atoms with Gasteiger partial charge in [0.25, 0.3) is 5.91 Å². The van der Waals surface area contributed by atoms with Gasteiger partial charge in [0.05, 0.1) is 12.9 Å². The summed E-state index contributed by atoms with van der Waals surface area (Å²) in [5, 5.41) is 11.1. The Kier molecular flexibility index (Phi) is 3.46. The Labute approximate surface area is 85.7 Å². The lowest BCUT2D eigenvalue weighted by Crippen LogP contribution is -2.25. The van der Waals surface area contributed by atoms with E-state index >= 15 is 0 Å². The molecule has 3 N–H and O–H groups in total. The molecule has 1 amide bonds. The maximum absolute atomic E-state index is 11.4. The molecule has 0 aromatic carbocycles. The zero-order valence-corrected chi connectivity index (χ0v) is 8.00. The second-order valence-electron chi connectivity index (χ2n) is 2.54. The van der Waals surface area contributed by atoms with Crippen LogP contribution < -0.4 is 5.32 Å². The summed E-state index contributed by atoms with van der Waals surface area (Å²) in [7, 11) is 0. The number of carbonyl (C=O) groups excluding carboxylic acids is 1. The highest BCUT2D eigenvalue weighted by atomic mass is 16.4. The average molecular weight is 207 g/mol. The normalized spacial score (nSPS) is 8.87. The highest BCUT2D eigenvalue weighted by Crippen LogP contribution is 2.01. The zero-order valence-electron chi connectivity index (χ0n) is 8.00. The third kappa shape index (κ3) is 2.57. The van der Waals surface area contributed by atoms with E-state index in [0.717, 1.165) is 6.33 Å². The highest BCUT2D eigenvalue weighted by Gasteiger charge is 2.18. The molecule has 0 aliphatic carbocycles. The fraction of sp³-hybridized carbons (Fsp3) is 0.222. The molecule has 1 aromatic rings. The van der Waals surface area contributed by atoms with Gasteiger partial charge in [-0.15, -0.1) is 5.92 Å². The predicted octanol–water partition coefficient (Wildman–Crippen LogP) is -0.139. The van der Waals surface area contributed by atoms with E-state index in [9.17, 15) is 9.59 Å². The van der Waals surface area contributed by atoms with Crippen LogP contribution in [0.25, 0.3) is 0 Å². The largest absolute Gasteiger partial charge is 0.477 e. The molecule has 0 aliphatic heterocycles. The Hall–Kier alpha value is -2.29. The van der Waals surface area contributed by atoms with Crippen LogP contribution in [-0.2, 0) is 0 Å². The second-order valence-corrected chi connectivity index (χ2v) is 2.54. The molecule has 0 aliphatic rings. The first-order valence-electron chi connectivity index (χ1n) is 4.11. The zero-order chi connectivity index (χ0) is 11.3. The number of carboxylic acid groups (broad SMARTS) is 1. The van der Waals surface area contributed by atoms with Gasteiger partial charge in [-0.3, -0.25) is 4.79 Å². The van der Waals surface area contributed by atoms with Gasteiger partial charge in [0.1, 0.15) is 0 Å². The van der Waals surface area contributed by atoms with Crippen LogP contribution in [0.1, 0.15) is 27.9 Å². The molecule has 6 nitrogen and oxygen atoms in total. The summed E-state index contributed by atoms with van der Waals surface area (Å²) in [5.74, 6) is 3.44. The number of nitrogens with one attached hydrogen (secondary N) is 2. The summed E-state index contributed by atoms with van der Waals surface area (Å²) in [4.78, 5) is 28.0. The van der Waals surface area contributed by atoms with Crippen LogP contribution in [0.2, 0.25) is 0 Å². The number of hydrogen-bond donors (Lipinski definition) is 3. The van der Waals surface area contributed by atoms with Crippen LogP contribution in [0.4, 0.5) is 0 Å². The van der Waals surface area contributed by atoms with Crippen LogP contribution in [0.15, 0.2) is 6.33 Å². The summed E-state index contributed by atoms with van der Waals surface area (Å²) < 4.78 is 0. The summed E-state index contributed by atoms with van der Waals surface area (Å²) >= 11 is 0. The van der Waals surface area contributed by atoms with E-state index in [1.165, 1.54) is 0 Å². The first-order chi connectivity index (χ1) is 7.16. The molecular weight excluding hydrogens is 198 g/mol. The minimum atomic E-state index is -1.22. The van der Waals surface area contributed by atoms with E-state index in [1.807, 2.05) is 0 Å². The Morgan fingerprint density at radius 2 is 2.40 bits per heavy atom. The maximum atomic E-state index is 11.4. The van der Waals surface area contributed by atoms with Gasteiger partial charge < -0.3 is 15.4 Å². The van der Waals surface area contributed by atoms with Gasteiger partial charge in [0, 0.05) is 0 Å². The third-order valence-electron chi connectivity index (χ3n) is 1.58. The van der Waals surface area contributed by atoms with Crippen molar-refractivity contribution in [1.82, 2.24) is 15.3 Å². The van der Waals surface area contributed by atoms with Gasteiger partial charge in [0.2, 0.25) is 0 Å². The van der Waals surface area contributed by atoms with Crippen LogP contribution in [0.3, 0.4) is 0 Å². The maximum Gasteiger partial charge on any atom is 0.354 e. The molecule has 0 saturated carbocycles. The minimum Gasteiger partial charge on any atom is -0.477 e. The smallest absolute Gasteiger partial charge is 0.354 e. The van der Waals surface area contributed by atoms with Gasteiger partial charge in [0.15, 0.2) is 11.4 Å². The average Bonchev–Trinajstić information content (AvgIpc) is 2.66. The van der Waals surface area contributed by atoms with Gasteiger partial charge in [-0.2, -0.15) is 0 Å². The van der Waals surface area contributed by atoms with E-state index in [0.29, 0.717) is 0 Å². The Morgan fingerprint density at radius 3 is 3.00 bits per heavy atom. The summed E-state index contributed by atoms with van der Waals surface area (Å²) in [6, 6.07) is 0. The lowest BCUT2D eigenvalue weighted by molar-refractivity contribution is 0.0685. The molecule has 0 saturated heterocycles. The molecule has 0 bridgehead atoms. The fourth-order valence-corrected chi connectivity index (χ4v) is 0.926. The number of imidazole rings is 1. The van der Waals surface area contributed by atoms with Crippen molar-refractivity contribution in [3.05, 3.63) is 17.7 Å². The first-order valence-corrected chi connectivity index (χ1v) is 4.11. The van der Waals surface area contributed by atoms with E-state index < -0.39 is 11.9 Å². The molecule has 0 unspecified atom stereocenters. The number of H-pyrrole nitrogens is 1. The lowest BCUT2D eigenvalue weighted by Gasteiger charge is -1.98. The number of carboxylic acids is 1. The summed E-state index contributed by atoms with van der Waals surface area (Å²) in [5.41, 5.74) is -0.364. The number of aromatic carboxylic acids is 1. The van der Waals surface area contributed by atoms with Crippen molar-refractivity contribution in [1.29, 1.82) is 0 Å². The molecule has 1 heterocycles. The molecule has 1 aromatic heterocycles. The Morgan fingerprint density at radius 1 is 1.67 bits per heavy atom. The number of nitrogens with zero attached hydrogens (tertiary/aromatic N) is 1. The molecule has 6 heteroatoms. The summed E-state index contributed by atoms with van der Waals surface area (Å²) in [6.07, 6.45) is 1.16. The standard InChI is InChI=1S/C9H9N3O3/c1-2-3-4-10-8(13)6-7(9(14)15)12-5-11-6/h5H,4H2,1H3,(H,10,13)(H,11,12)(H,14,15). The van der Waals surface area contributed by atoms with Crippen molar-refractivity contribution in [2.45, 2.75) is 6.92 Å². The van der Waals surface area contributed by atoms with Crippen LogP contribution in [0.5, 0.6) is 0 Å². The molecule has 0 spiro atoms. The van der Waals surface area contributed by atoms with Crippen LogP contribution in [0, 0.1) is 11.8 Å². The van der Waals surface area contributed by atoms with Crippen LogP contribution >= 0.6 is 0 Å². The predicted molar refractivity (Wildman–Crippen MR) is 51.3 cm³/mol.